The van der Waals surface area contributed by atoms with Crippen molar-refractivity contribution in [2.75, 3.05) is 48.7 Å². The smallest absolute Gasteiger partial charge is 0.256 e. The highest BCUT2D eigenvalue weighted by Crippen LogP contribution is 2.30. The van der Waals surface area contributed by atoms with E-state index in [9.17, 15) is 4.79 Å². The Balaban J connectivity index is 1.62. The topological polar surface area (TPSA) is 61.6 Å². The zero-order valence-electron chi connectivity index (χ0n) is 16.2. The average Bonchev–Trinajstić information content (AvgIpc) is 2.73. The quantitative estimate of drug-likeness (QED) is 0.682. The Kier molecular flexibility index (Phi) is 5.17. The van der Waals surface area contributed by atoms with Gasteiger partial charge in [0.05, 0.1) is 11.4 Å². The number of hydrogen-bond acceptors (Lipinski definition) is 4. The van der Waals surface area contributed by atoms with E-state index in [0.717, 1.165) is 54.9 Å². The van der Waals surface area contributed by atoms with Crippen molar-refractivity contribution in [2.45, 2.75) is 6.92 Å². The van der Waals surface area contributed by atoms with E-state index in [1.165, 1.54) is 0 Å². The predicted octanol–water partition coefficient (Wildman–Crippen LogP) is 3.82. The van der Waals surface area contributed by atoms with E-state index in [-0.39, 0.29) is 5.91 Å². The molecule has 1 heterocycles. The molecule has 0 radical (unpaired) electrons. The molecule has 3 N–H and O–H groups in total. The van der Waals surface area contributed by atoms with Crippen molar-refractivity contribution >= 4 is 33.7 Å². The SMILES string of the molecule is CCN1CCN(c2ccc(N)cc2NC(=O)c2cccc3ccccc23)CC1. The summed E-state index contributed by atoms with van der Waals surface area (Å²) in [5.41, 5.74) is 9.13. The fraction of sp³-hybridized carbons (Fsp3) is 0.261. The van der Waals surface area contributed by atoms with Gasteiger partial charge < -0.3 is 20.9 Å². The maximum Gasteiger partial charge on any atom is 0.256 e. The molecule has 3 aromatic carbocycles. The molecule has 0 spiro atoms. The zero-order chi connectivity index (χ0) is 19.5. The number of likely N-dealkylation sites (N-methyl/N-ethyl adjacent to an activating group) is 1. The number of nitrogens with zero attached hydrogens (tertiary/aromatic N) is 2. The zero-order valence-corrected chi connectivity index (χ0v) is 16.2. The third kappa shape index (κ3) is 3.66. The van der Waals surface area contributed by atoms with Crippen LogP contribution in [0.1, 0.15) is 17.3 Å². The van der Waals surface area contributed by atoms with Crippen molar-refractivity contribution < 1.29 is 4.79 Å². The summed E-state index contributed by atoms with van der Waals surface area (Å²) < 4.78 is 0. The molecule has 1 aliphatic rings. The number of anilines is 3. The normalized spacial score (nSPS) is 15.0. The molecular weight excluding hydrogens is 348 g/mol. The molecule has 0 aliphatic carbocycles. The number of fused-ring (bicyclic) bond motifs is 1. The molecule has 1 aliphatic heterocycles. The second-order valence-electron chi connectivity index (χ2n) is 7.18. The molecule has 1 amide bonds. The third-order valence-electron chi connectivity index (χ3n) is 5.46. The third-order valence-corrected chi connectivity index (χ3v) is 5.46. The largest absolute Gasteiger partial charge is 0.399 e. The first-order chi connectivity index (χ1) is 13.7. The molecule has 0 aromatic heterocycles. The number of nitrogens with one attached hydrogen (secondary N) is 1. The van der Waals surface area contributed by atoms with E-state index in [2.05, 4.69) is 22.0 Å². The number of hydrogen-bond donors (Lipinski definition) is 2. The Morgan fingerprint density at radius 2 is 1.75 bits per heavy atom. The number of carbonyl (C=O) groups excluding carboxylic acids is 1. The van der Waals surface area contributed by atoms with E-state index in [1.54, 1.807) is 0 Å². The summed E-state index contributed by atoms with van der Waals surface area (Å²) in [6, 6.07) is 19.5. The van der Waals surface area contributed by atoms with Crippen LogP contribution in [0.2, 0.25) is 0 Å². The highest BCUT2D eigenvalue weighted by atomic mass is 16.1. The van der Waals surface area contributed by atoms with Crippen molar-refractivity contribution in [1.82, 2.24) is 4.90 Å². The lowest BCUT2D eigenvalue weighted by Crippen LogP contribution is -2.46. The van der Waals surface area contributed by atoms with Gasteiger partial charge in [-0.15, -0.1) is 0 Å². The van der Waals surface area contributed by atoms with E-state index in [1.807, 2.05) is 60.7 Å². The maximum absolute atomic E-state index is 13.1. The summed E-state index contributed by atoms with van der Waals surface area (Å²) in [5, 5.41) is 5.11. The van der Waals surface area contributed by atoms with Gasteiger partial charge in [0.15, 0.2) is 0 Å². The lowest BCUT2D eigenvalue weighted by molar-refractivity contribution is 0.102. The second-order valence-corrected chi connectivity index (χ2v) is 7.18. The number of rotatable bonds is 4. The lowest BCUT2D eigenvalue weighted by Gasteiger charge is -2.36. The van der Waals surface area contributed by atoms with Gasteiger partial charge in [-0.3, -0.25) is 4.79 Å². The monoisotopic (exact) mass is 374 g/mol. The molecule has 3 aromatic rings. The Labute approximate surface area is 165 Å². The van der Waals surface area contributed by atoms with Crippen molar-refractivity contribution in [3.8, 4) is 0 Å². The molecule has 0 unspecified atom stereocenters. The number of carbonyl (C=O) groups is 1. The first kappa shape index (κ1) is 18.3. The summed E-state index contributed by atoms with van der Waals surface area (Å²) in [6.45, 7) is 7.19. The van der Waals surface area contributed by atoms with Crippen LogP contribution in [-0.4, -0.2) is 43.5 Å². The molecule has 5 nitrogen and oxygen atoms in total. The van der Waals surface area contributed by atoms with Crippen LogP contribution in [-0.2, 0) is 0 Å². The van der Waals surface area contributed by atoms with Gasteiger partial charge in [0.1, 0.15) is 0 Å². The minimum absolute atomic E-state index is 0.115. The molecule has 5 heteroatoms. The summed E-state index contributed by atoms with van der Waals surface area (Å²) in [4.78, 5) is 17.9. The van der Waals surface area contributed by atoms with Crippen molar-refractivity contribution in [2.24, 2.45) is 0 Å². The first-order valence-electron chi connectivity index (χ1n) is 9.81. The van der Waals surface area contributed by atoms with Crippen LogP contribution in [0.25, 0.3) is 10.8 Å². The minimum Gasteiger partial charge on any atom is -0.399 e. The van der Waals surface area contributed by atoms with Crippen LogP contribution in [0.3, 0.4) is 0 Å². The molecule has 4 rings (SSSR count). The number of benzene rings is 3. The summed E-state index contributed by atoms with van der Waals surface area (Å²) in [7, 11) is 0. The van der Waals surface area contributed by atoms with E-state index < -0.39 is 0 Å². The lowest BCUT2D eigenvalue weighted by atomic mass is 10.0. The van der Waals surface area contributed by atoms with Gasteiger partial charge >= 0.3 is 0 Å². The molecule has 0 atom stereocenters. The van der Waals surface area contributed by atoms with Crippen molar-refractivity contribution in [3.63, 3.8) is 0 Å². The Morgan fingerprint density at radius 3 is 2.54 bits per heavy atom. The molecule has 28 heavy (non-hydrogen) atoms. The number of amides is 1. The van der Waals surface area contributed by atoms with E-state index in [0.29, 0.717) is 11.3 Å². The molecule has 0 saturated carbocycles. The molecule has 0 bridgehead atoms. The van der Waals surface area contributed by atoms with E-state index in [4.69, 9.17) is 5.73 Å². The van der Waals surface area contributed by atoms with Crippen LogP contribution in [0.4, 0.5) is 17.1 Å². The van der Waals surface area contributed by atoms with Crippen LogP contribution >= 0.6 is 0 Å². The summed E-state index contributed by atoms with van der Waals surface area (Å²) >= 11 is 0. The average molecular weight is 374 g/mol. The summed E-state index contributed by atoms with van der Waals surface area (Å²) in [6.07, 6.45) is 0. The minimum atomic E-state index is -0.115. The molecule has 1 saturated heterocycles. The molecular formula is C23H26N4O. The fourth-order valence-electron chi connectivity index (χ4n) is 3.85. The van der Waals surface area contributed by atoms with Gasteiger partial charge in [0.2, 0.25) is 0 Å². The molecule has 1 fully saturated rings. The van der Waals surface area contributed by atoms with E-state index >= 15 is 0 Å². The van der Waals surface area contributed by atoms with Crippen molar-refractivity contribution in [1.29, 1.82) is 0 Å². The Bertz CT molecular complexity index is 988. The van der Waals surface area contributed by atoms with Crippen LogP contribution in [0.5, 0.6) is 0 Å². The van der Waals surface area contributed by atoms with Crippen LogP contribution < -0.4 is 16.0 Å². The standard InChI is InChI=1S/C23H26N4O/c1-2-26-12-14-27(15-13-26)22-11-10-18(24)16-21(22)25-23(28)20-9-5-7-17-6-3-4-8-19(17)20/h3-11,16H,2,12-15,24H2,1H3,(H,25,28). The van der Waals surface area contributed by atoms with Gasteiger partial charge in [-0.05, 0) is 41.6 Å². The highest BCUT2D eigenvalue weighted by molar-refractivity contribution is 6.14. The van der Waals surface area contributed by atoms with Gasteiger partial charge in [0.25, 0.3) is 5.91 Å². The second kappa shape index (κ2) is 7.90. The van der Waals surface area contributed by atoms with Gasteiger partial charge in [0, 0.05) is 37.4 Å². The van der Waals surface area contributed by atoms with Crippen molar-refractivity contribution in [3.05, 3.63) is 66.2 Å². The molecule has 144 valence electrons. The van der Waals surface area contributed by atoms with Crippen LogP contribution in [0.15, 0.2) is 60.7 Å². The number of nitrogens with two attached hydrogens (primary N) is 1. The fourth-order valence-corrected chi connectivity index (χ4v) is 3.85. The van der Waals surface area contributed by atoms with Gasteiger partial charge in [-0.1, -0.05) is 43.3 Å². The van der Waals surface area contributed by atoms with Gasteiger partial charge in [-0.2, -0.15) is 0 Å². The predicted molar refractivity (Wildman–Crippen MR) is 117 cm³/mol. The first-order valence-corrected chi connectivity index (χ1v) is 9.81. The number of nitrogen functional groups attached to an aromatic ring is 1. The highest BCUT2D eigenvalue weighted by Gasteiger charge is 2.20. The Hall–Kier alpha value is -3.05. The summed E-state index contributed by atoms with van der Waals surface area (Å²) in [5.74, 6) is -0.115. The van der Waals surface area contributed by atoms with Crippen LogP contribution in [0, 0.1) is 0 Å². The maximum atomic E-state index is 13.1. The number of piperazine rings is 1. The Morgan fingerprint density at radius 1 is 1.00 bits per heavy atom. The van der Waals surface area contributed by atoms with Gasteiger partial charge in [-0.25, -0.2) is 0 Å².